The fourth-order valence-corrected chi connectivity index (χ4v) is 2.16. The zero-order valence-corrected chi connectivity index (χ0v) is 9.11. The third-order valence-corrected chi connectivity index (χ3v) is 3.09. The molecule has 2 heterocycles. The van der Waals surface area contributed by atoms with E-state index in [1.165, 1.54) is 5.57 Å². The number of carbonyl (C=O) groups is 1. The minimum Gasteiger partial charge on any atom is -0.379 e. The summed E-state index contributed by atoms with van der Waals surface area (Å²) < 4.78 is 5.22. The molecule has 0 aliphatic carbocycles. The predicted octanol–water partition coefficient (Wildman–Crippen LogP) is 0.139. The van der Waals surface area contributed by atoms with Gasteiger partial charge in [-0.2, -0.15) is 0 Å². The number of hydrogen-bond acceptors (Lipinski definition) is 3. The molecule has 2 atom stereocenters. The summed E-state index contributed by atoms with van der Waals surface area (Å²) in [4.78, 5) is 14.0. The third kappa shape index (κ3) is 2.21. The van der Waals surface area contributed by atoms with E-state index in [2.05, 4.69) is 13.0 Å². The zero-order valence-electron chi connectivity index (χ0n) is 9.11. The lowest BCUT2D eigenvalue weighted by Gasteiger charge is -2.29. The molecule has 0 spiro atoms. The summed E-state index contributed by atoms with van der Waals surface area (Å²) in [5.74, 6) is 0.0309. The number of amides is 1. The first-order valence-electron chi connectivity index (χ1n) is 5.46. The molecule has 1 saturated heterocycles. The van der Waals surface area contributed by atoms with Gasteiger partial charge < -0.3 is 15.4 Å². The van der Waals surface area contributed by atoms with Crippen molar-refractivity contribution in [1.82, 2.24) is 4.90 Å². The molecule has 1 amide bonds. The zero-order chi connectivity index (χ0) is 10.8. The van der Waals surface area contributed by atoms with Crippen LogP contribution < -0.4 is 5.73 Å². The van der Waals surface area contributed by atoms with Gasteiger partial charge in [-0.3, -0.25) is 4.79 Å². The highest BCUT2D eigenvalue weighted by Crippen LogP contribution is 2.18. The Bertz CT molecular complexity index is 288. The van der Waals surface area contributed by atoms with Crippen molar-refractivity contribution in [2.24, 2.45) is 11.7 Å². The Kier molecular flexibility index (Phi) is 3.07. The fourth-order valence-electron chi connectivity index (χ4n) is 2.16. The third-order valence-electron chi connectivity index (χ3n) is 3.09. The van der Waals surface area contributed by atoms with Crippen molar-refractivity contribution in [3.05, 3.63) is 11.6 Å². The van der Waals surface area contributed by atoms with Crippen LogP contribution in [0.3, 0.4) is 0 Å². The van der Waals surface area contributed by atoms with Crippen molar-refractivity contribution in [2.75, 3.05) is 26.3 Å². The lowest BCUT2D eigenvalue weighted by molar-refractivity contribution is -0.135. The van der Waals surface area contributed by atoms with Crippen molar-refractivity contribution >= 4 is 5.91 Å². The van der Waals surface area contributed by atoms with Gasteiger partial charge in [-0.15, -0.1) is 0 Å². The molecular weight excluding hydrogens is 192 g/mol. The van der Waals surface area contributed by atoms with Crippen molar-refractivity contribution in [1.29, 1.82) is 0 Å². The van der Waals surface area contributed by atoms with Crippen molar-refractivity contribution < 1.29 is 9.53 Å². The molecule has 2 aliphatic rings. The molecule has 2 unspecified atom stereocenters. The smallest absolute Gasteiger partial charge is 0.229 e. The largest absolute Gasteiger partial charge is 0.379 e. The van der Waals surface area contributed by atoms with Gasteiger partial charge in [0.25, 0.3) is 0 Å². The Morgan fingerprint density at radius 2 is 2.40 bits per heavy atom. The minimum absolute atomic E-state index is 0.122. The summed E-state index contributed by atoms with van der Waals surface area (Å²) in [5, 5.41) is 0. The van der Waals surface area contributed by atoms with E-state index in [0.29, 0.717) is 13.2 Å². The first-order chi connectivity index (χ1) is 7.18. The van der Waals surface area contributed by atoms with Crippen LogP contribution in [0, 0.1) is 5.92 Å². The lowest BCUT2D eigenvalue weighted by atomic mass is 10.0. The molecule has 0 aromatic rings. The monoisotopic (exact) mass is 210 g/mol. The van der Waals surface area contributed by atoms with E-state index in [4.69, 9.17) is 10.5 Å². The van der Waals surface area contributed by atoms with Crippen molar-refractivity contribution in [3.8, 4) is 0 Å². The van der Waals surface area contributed by atoms with Gasteiger partial charge in [0.1, 0.15) is 0 Å². The number of carbonyl (C=O) groups excluding carboxylic acids is 1. The molecule has 0 radical (unpaired) electrons. The molecule has 4 heteroatoms. The van der Waals surface area contributed by atoms with Gasteiger partial charge in [0, 0.05) is 19.1 Å². The average molecular weight is 210 g/mol. The summed E-state index contributed by atoms with van der Waals surface area (Å²) in [6.45, 7) is 4.63. The van der Waals surface area contributed by atoms with Crippen LogP contribution in [-0.4, -0.2) is 43.2 Å². The van der Waals surface area contributed by atoms with Crippen LogP contribution in [-0.2, 0) is 9.53 Å². The van der Waals surface area contributed by atoms with E-state index in [0.717, 1.165) is 19.5 Å². The first-order valence-corrected chi connectivity index (χ1v) is 5.46. The number of nitrogens with two attached hydrogens (primary N) is 1. The highest BCUT2D eigenvalue weighted by atomic mass is 16.5. The predicted molar refractivity (Wildman–Crippen MR) is 57.2 cm³/mol. The molecule has 15 heavy (non-hydrogen) atoms. The topological polar surface area (TPSA) is 55.6 Å². The Labute approximate surface area is 90.1 Å². The van der Waals surface area contributed by atoms with Crippen LogP contribution in [0.25, 0.3) is 0 Å². The Morgan fingerprint density at radius 3 is 3.00 bits per heavy atom. The molecule has 2 N–H and O–H groups in total. The van der Waals surface area contributed by atoms with Crippen LogP contribution in [0.1, 0.15) is 13.3 Å². The van der Waals surface area contributed by atoms with Gasteiger partial charge in [0.05, 0.1) is 19.1 Å². The standard InChI is InChI=1S/C11H18N2O2/c1-8-3-2-4-13(5-8)11(14)9-6-15-7-10(9)12/h3,9-10H,2,4-7,12H2,1H3. The number of rotatable bonds is 1. The normalized spacial score (nSPS) is 31.6. The van der Waals surface area contributed by atoms with Crippen molar-refractivity contribution in [3.63, 3.8) is 0 Å². The Balaban J connectivity index is 1.98. The number of nitrogens with zero attached hydrogens (tertiary/aromatic N) is 1. The first kappa shape index (κ1) is 10.6. The maximum Gasteiger partial charge on any atom is 0.229 e. The maximum absolute atomic E-state index is 12.1. The molecule has 0 aromatic heterocycles. The van der Waals surface area contributed by atoms with E-state index in [1.54, 1.807) is 0 Å². The summed E-state index contributed by atoms with van der Waals surface area (Å²) in [6.07, 6.45) is 3.15. The summed E-state index contributed by atoms with van der Waals surface area (Å²) >= 11 is 0. The highest BCUT2D eigenvalue weighted by Gasteiger charge is 2.34. The van der Waals surface area contributed by atoms with Crippen LogP contribution in [0.4, 0.5) is 0 Å². The van der Waals surface area contributed by atoms with Gasteiger partial charge >= 0.3 is 0 Å². The average Bonchev–Trinajstić information content (AvgIpc) is 2.63. The molecule has 4 nitrogen and oxygen atoms in total. The van der Waals surface area contributed by atoms with E-state index >= 15 is 0 Å². The van der Waals surface area contributed by atoms with Gasteiger partial charge in [-0.05, 0) is 13.3 Å². The second-order valence-electron chi connectivity index (χ2n) is 4.41. The summed E-state index contributed by atoms with van der Waals surface area (Å²) in [6, 6.07) is -0.122. The number of ether oxygens (including phenoxy) is 1. The Hall–Kier alpha value is -0.870. The van der Waals surface area contributed by atoms with Crippen LogP contribution in [0.15, 0.2) is 11.6 Å². The molecule has 0 bridgehead atoms. The lowest BCUT2D eigenvalue weighted by Crippen LogP contribution is -2.45. The summed E-state index contributed by atoms with van der Waals surface area (Å²) in [5.41, 5.74) is 7.10. The maximum atomic E-state index is 12.1. The van der Waals surface area contributed by atoms with Crippen LogP contribution in [0.5, 0.6) is 0 Å². The van der Waals surface area contributed by atoms with Gasteiger partial charge in [-0.25, -0.2) is 0 Å². The van der Waals surface area contributed by atoms with Crippen LogP contribution >= 0.6 is 0 Å². The number of hydrogen-bond donors (Lipinski definition) is 1. The summed E-state index contributed by atoms with van der Waals surface area (Å²) in [7, 11) is 0. The van der Waals surface area contributed by atoms with E-state index in [1.807, 2.05) is 4.90 Å². The Morgan fingerprint density at radius 1 is 1.60 bits per heavy atom. The van der Waals surface area contributed by atoms with Gasteiger partial charge in [0.15, 0.2) is 0 Å². The quantitative estimate of drug-likeness (QED) is 0.626. The second-order valence-corrected chi connectivity index (χ2v) is 4.41. The molecule has 84 valence electrons. The van der Waals surface area contributed by atoms with Crippen molar-refractivity contribution in [2.45, 2.75) is 19.4 Å². The van der Waals surface area contributed by atoms with E-state index < -0.39 is 0 Å². The second kappa shape index (κ2) is 4.33. The molecule has 0 saturated carbocycles. The fraction of sp³-hybridized carbons (Fsp3) is 0.727. The molecule has 1 fully saturated rings. The molecular formula is C11H18N2O2. The van der Waals surface area contributed by atoms with E-state index in [9.17, 15) is 4.79 Å². The molecule has 2 rings (SSSR count). The highest BCUT2D eigenvalue weighted by molar-refractivity contribution is 5.80. The van der Waals surface area contributed by atoms with Crippen LogP contribution in [0.2, 0.25) is 0 Å². The van der Waals surface area contributed by atoms with Gasteiger partial charge in [-0.1, -0.05) is 11.6 Å². The van der Waals surface area contributed by atoms with E-state index in [-0.39, 0.29) is 17.9 Å². The SMILES string of the molecule is CC1=CCCN(C(=O)C2COCC2N)C1. The molecule has 2 aliphatic heterocycles. The van der Waals surface area contributed by atoms with Gasteiger partial charge in [0.2, 0.25) is 5.91 Å². The minimum atomic E-state index is -0.129. The molecule has 0 aromatic carbocycles.